The van der Waals surface area contributed by atoms with E-state index in [4.69, 9.17) is 21.1 Å². The van der Waals surface area contributed by atoms with E-state index in [1.54, 1.807) is 36.4 Å². The molecule has 8 heteroatoms. The first-order chi connectivity index (χ1) is 15.5. The molecule has 32 heavy (non-hydrogen) atoms. The van der Waals surface area contributed by atoms with Crippen molar-refractivity contribution in [2.45, 2.75) is 13.3 Å². The number of para-hydroxylation sites is 1. The lowest BCUT2D eigenvalue weighted by molar-refractivity contribution is -0.115. The minimum absolute atomic E-state index is 0.113. The highest BCUT2D eigenvalue weighted by Gasteiger charge is 2.18. The molecule has 1 heterocycles. The SMILES string of the molecule is Cc1ccc(NC(=O)Nc2ccccc2)cc1NC(=O)Cc1cc(Cl)c2c(c1)OCCO2. The van der Waals surface area contributed by atoms with Crippen LogP contribution in [0.1, 0.15) is 11.1 Å². The van der Waals surface area contributed by atoms with Crippen molar-refractivity contribution in [2.24, 2.45) is 0 Å². The van der Waals surface area contributed by atoms with Crippen molar-refractivity contribution in [3.63, 3.8) is 0 Å². The van der Waals surface area contributed by atoms with Crippen molar-refractivity contribution in [1.29, 1.82) is 0 Å². The highest BCUT2D eigenvalue weighted by Crippen LogP contribution is 2.38. The lowest BCUT2D eigenvalue weighted by Gasteiger charge is -2.20. The molecule has 3 aromatic carbocycles. The molecule has 7 nitrogen and oxygen atoms in total. The zero-order valence-electron chi connectivity index (χ0n) is 17.4. The number of hydrogen-bond acceptors (Lipinski definition) is 4. The summed E-state index contributed by atoms with van der Waals surface area (Å²) in [5.74, 6) is 0.829. The van der Waals surface area contributed by atoms with Crippen LogP contribution < -0.4 is 25.4 Å². The van der Waals surface area contributed by atoms with Crippen LogP contribution in [0.5, 0.6) is 11.5 Å². The fourth-order valence-corrected chi connectivity index (χ4v) is 3.58. The van der Waals surface area contributed by atoms with Gasteiger partial charge in [-0.15, -0.1) is 0 Å². The third-order valence-corrected chi connectivity index (χ3v) is 5.10. The number of anilines is 3. The summed E-state index contributed by atoms with van der Waals surface area (Å²) in [7, 11) is 0. The Balaban J connectivity index is 1.41. The minimum Gasteiger partial charge on any atom is -0.486 e. The molecule has 0 aromatic heterocycles. The molecule has 0 radical (unpaired) electrons. The van der Waals surface area contributed by atoms with E-state index in [0.29, 0.717) is 52.4 Å². The molecule has 0 aliphatic carbocycles. The predicted molar refractivity (Wildman–Crippen MR) is 125 cm³/mol. The molecule has 3 amide bonds. The molecule has 0 bridgehead atoms. The van der Waals surface area contributed by atoms with Gasteiger partial charge in [-0.05, 0) is 54.4 Å². The van der Waals surface area contributed by atoms with Crippen molar-refractivity contribution >= 4 is 40.6 Å². The first kappa shape index (κ1) is 21.5. The summed E-state index contributed by atoms with van der Waals surface area (Å²) in [5.41, 5.74) is 3.43. The Bertz CT molecular complexity index is 1150. The number of amides is 3. The maximum Gasteiger partial charge on any atom is 0.323 e. The summed E-state index contributed by atoms with van der Waals surface area (Å²) in [4.78, 5) is 24.9. The Labute approximate surface area is 190 Å². The molecule has 0 spiro atoms. The van der Waals surface area contributed by atoms with Crippen molar-refractivity contribution in [3.8, 4) is 11.5 Å². The average Bonchev–Trinajstić information content (AvgIpc) is 2.77. The molecule has 1 aliphatic heterocycles. The third kappa shape index (κ3) is 5.31. The normalized spacial score (nSPS) is 12.1. The van der Waals surface area contributed by atoms with Crippen molar-refractivity contribution in [3.05, 3.63) is 76.8 Å². The predicted octanol–water partition coefficient (Wildman–Crippen LogP) is 5.24. The maximum absolute atomic E-state index is 12.7. The number of aryl methyl sites for hydroxylation is 1. The Morgan fingerprint density at radius 3 is 2.47 bits per heavy atom. The van der Waals surface area contributed by atoms with E-state index in [1.807, 2.05) is 31.2 Å². The van der Waals surface area contributed by atoms with Crippen LogP contribution in [-0.2, 0) is 11.2 Å². The Morgan fingerprint density at radius 1 is 0.906 bits per heavy atom. The van der Waals surface area contributed by atoms with Crippen LogP contribution in [0.2, 0.25) is 5.02 Å². The number of ether oxygens (including phenoxy) is 2. The number of benzene rings is 3. The topological polar surface area (TPSA) is 88.7 Å². The fourth-order valence-electron chi connectivity index (χ4n) is 3.30. The second-order valence-corrected chi connectivity index (χ2v) is 7.71. The fraction of sp³-hybridized carbons (Fsp3) is 0.167. The van der Waals surface area contributed by atoms with Crippen LogP contribution in [0, 0.1) is 6.92 Å². The monoisotopic (exact) mass is 451 g/mol. The molecule has 0 saturated carbocycles. The molecule has 0 saturated heterocycles. The molecule has 1 aliphatic rings. The summed E-state index contributed by atoms with van der Waals surface area (Å²) < 4.78 is 11.1. The van der Waals surface area contributed by atoms with Crippen LogP contribution >= 0.6 is 11.6 Å². The minimum atomic E-state index is -0.372. The molecular weight excluding hydrogens is 430 g/mol. The maximum atomic E-state index is 12.7. The summed E-state index contributed by atoms with van der Waals surface area (Å²) in [6, 6.07) is 17.6. The van der Waals surface area contributed by atoms with Crippen molar-refractivity contribution < 1.29 is 19.1 Å². The van der Waals surface area contributed by atoms with Crippen LogP contribution in [0.4, 0.5) is 21.9 Å². The van der Waals surface area contributed by atoms with Gasteiger partial charge in [0, 0.05) is 17.1 Å². The number of carbonyl (C=O) groups excluding carboxylic acids is 2. The summed E-state index contributed by atoms with van der Waals surface area (Å²) in [6.07, 6.45) is 0.113. The number of hydrogen-bond donors (Lipinski definition) is 3. The van der Waals surface area contributed by atoms with E-state index in [1.165, 1.54) is 0 Å². The van der Waals surface area contributed by atoms with Crippen LogP contribution in [0.15, 0.2) is 60.7 Å². The second-order valence-electron chi connectivity index (χ2n) is 7.30. The number of halogens is 1. The molecule has 0 unspecified atom stereocenters. The first-order valence-electron chi connectivity index (χ1n) is 10.1. The van der Waals surface area contributed by atoms with Gasteiger partial charge in [0.2, 0.25) is 5.91 Å². The summed E-state index contributed by atoms with van der Waals surface area (Å²) in [6.45, 7) is 2.76. The second kappa shape index (κ2) is 9.62. The molecule has 4 rings (SSSR count). The Hall–Kier alpha value is -3.71. The van der Waals surface area contributed by atoms with Crippen LogP contribution in [-0.4, -0.2) is 25.2 Å². The first-order valence-corrected chi connectivity index (χ1v) is 10.5. The molecule has 0 atom stereocenters. The molecule has 164 valence electrons. The largest absolute Gasteiger partial charge is 0.486 e. The number of nitrogens with one attached hydrogen (secondary N) is 3. The molecule has 3 aromatic rings. The van der Waals surface area contributed by atoms with Crippen molar-refractivity contribution in [2.75, 3.05) is 29.2 Å². The van der Waals surface area contributed by atoms with Gasteiger partial charge in [-0.25, -0.2) is 4.79 Å². The molecule has 3 N–H and O–H groups in total. The number of fused-ring (bicyclic) bond motifs is 1. The van der Waals surface area contributed by atoms with E-state index in [0.717, 1.165) is 5.56 Å². The van der Waals surface area contributed by atoms with Gasteiger partial charge in [0.25, 0.3) is 0 Å². The van der Waals surface area contributed by atoms with Gasteiger partial charge in [0.05, 0.1) is 11.4 Å². The van der Waals surface area contributed by atoms with Gasteiger partial charge in [-0.2, -0.15) is 0 Å². The number of urea groups is 1. The van der Waals surface area contributed by atoms with Crippen LogP contribution in [0.3, 0.4) is 0 Å². The highest BCUT2D eigenvalue weighted by atomic mass is 35.5. The smallest absolute Gasteiger partial charge is 0.323 e. The van der Waals surface area contributed by atoms with Gasteiger partial charge in [0.1, 0.15) is 13.2 Å². The lowest BCUT2D eigenvalue weighted by Crippen LogP contribution is -2.20. The molecular formula is C24H22ClN3O4. The molecule has 0 fully saturated rings. The Kier molecular flexibility index (Phi) is 6.47. The van der Waals surface area contributed by atoms with Gasteiger partial charge >= 0.3 is 6.03 Å². The van der Waals surface area contributed by atoms with Gasteiger partial charge in [-0.1, -0.05) is 35.9 Å². The number of rotatable bonds is 5. The van der Waals surface area contributed by atoms with Gasteiger partial charge in [0.15, 0.2) is 11.5 Å². The number of carbonyl (C=O) groups is 2. The zero-order chi connectivity index (χ0) is 22.5. The standard InChI is InChI=1S/C24H22ClN3O4/c1-15-7-8-18(27-24(30)26-17-5-3-2-4-6-17)14-20(15)28-22(29)13-16-11-19(25)23-21(12-16)31-9-10-32-23/h2-8,11-12,14H,9-10,13H2,1H3,(H,28,29)(H2,26,27,30). The van der Waals surface area contributed by atoms with Crippen LogP contribution in [0.25, 0.3) is 0 Å². The van der Waals surface area contributed by atoms with E-state index < -0.39 is 0 Å². The van der Waals surface area contributed by atoms with Crippen molar-refractivity contribution in [1.82, 2.24) is 0 Å². The summed E-state index contributed by atoms with van der Waals surface area (Å²) in [5, 5.41) is 8.84. The lowest BCUT2D eigenvalue weighted by atomic mass is 10.1. The average molecular weight is 452 g/mol. The summed E-state index contributed by atoms with van der Waals surface area (Å²) >= 11 is 6.26. The van der Waals surface area contributed by atoms with E-state index in [-0.39, 0.29) is 18.4 Å². The Morgan fingerprint density at radius 2 is 1.66 bits per heavy atom. The quantitative estimate of drug-likeness (QED) is 0.494. The zero-order valence-corrected chi connectivity index (χ0v) is 18.2. The van der Waals surface area contributed by atoms with Gasteiger partial charge < -0.3 is 25.4 Å². The highest BCUT2D eigenvalue weighted by molar-refractivity contribution is 6.32. The third-order valence-electron chi connectivity index (χ3n) is 4.82. The van der Waals surface area contributed by atoms with E-state index in [2.05, 4.69) is 16.0 Å². The van der Waals surface area contributed by atoms with Gasteiger partial charge in [-0.3, -0.25) is 4.79 Å². The van der Waals surface area contributed by atoms with E-state index >= 15 is 0 Å². The van der Waals surface area contributed by atoms with E-state index in [9.17, 15) is 9.59 Å².